The molecule has 1 aromatic heterocycles. The quantitative estimate of drug-likeness (QED) is 0.443. The second kappa shape index (κ2) is 10.5. The molecular weight excluding hydrogens is 521 g/mol. The molecule has 0 saturated carbocycles. The number of halogens is 2. The fraction of sp³-hybridized carbons (Fsp3) is 0.364. The van der Waals surface area contributed by atoms with Crippen molar-refractivity contribution in [1.29, 1.82) is 0 Å². The zero-order chi connectivity index (χ0) is 23.6. The van der Waals surface area contributed by atoms with Crippen LogP contribution in [0.4, 0.5) is 0 Å². The van der Waals surface area contributed by atoms with Crippen molar-refractivity contribution >= 4 is 72.4 Å². The van der Waals surface area contributed by atoms with Crippen molar-refractivity contribution in [2.75, 3.05) is 25.1 Å². The Hall–Kier alpha value is -1.36. The van der Waals surface area contributed by atoms with Gasteiger partial charge in [0, 0.05) is 35.4 Å². The van der Waals surface area contributed by atoms with Crippen molar-refractivity contribution in [2.24, 2.45) is 10.9 Å². The Labute approximate surface area is 211 Å². The van der Waals surface area contributed by atoms with Crippen LogP contribution in [-0.4, -0.2) is 48.3 Å². The van der Waals surface area contributed by atoms with Gasteiger partial charge in [-0.2, -0.15) is 21.1 Å². The lowest BCUT2D eigenvalue weighted by Crippen LogP contribution is -2.42. The van der Waals surface area contributed by atoms with E-state index in [4.69, 9.17) is 23.2 Å². The number of benzene rings is 2. The molecule has 0 aliphatic carbocycles. The molecule has 1 amide bonds. The van der Waals surface area contributed by atoms with Gasteiger partial charge in [0.05, 0.1) is 21.0 Å². The van der Waals surface area contributed by atoms with Crippen molar-refractivity contribution in [2.45, 2.75) is 24.3 Å². The van der Waals surface area contributed by atoms with E-state index in [2.05, 4.69) is 4.99 Å². The standard InChI is InChI=1S/C22H23Cl2N3O3S3/c1-31-12-11-27-19-9-6-17(24)13-20(19)32-22(27)25-21(28)15-3-2-10-26(14-15)33(29,30)18-7-4-16(23)5-8-18/h4-9,13,15H,2-3,10-12,14H2,1H3. The van der Waals surface area contributed by atoms with E-state index in [0.717, 1.165) is 22.5 Å². The molecule has 1 saturated heterocycles. The molecule has 1 unspecified atom stereocenters. The van der Waals surface area contributed by atoms with E-state index in [1.165, 1.54) is 27.8 Å². The third-order valence-electron chi connectivity index (χ3n) is 5.55. The number of fused-ring (bicyclic) bond motifs is 1. The molecule has 1 fully saturated rings. The van der Waals surface area contributed by atoms with Gasteiger partial charge in [-0.15, -0.1) is 0 Å². The number of amides is 1. The van der Waals surface area contributed by atoms with Crippen LogP contribution >= 0.6 is 46.3 Å². The first-order chi connectivity index (χ1) is 15.8. The minimum Gasteiger partial charge on any atom is -0.316 e. The second-order valence-corrected chi connectivity index (χ2v) is 12.6. The summed E-state index contributed by atoms with van der Waals surface area (Å²) in [6.07, 6.45) is 3.25. The van der Waals surface area contributed by atoms with Crippen LogP contribution in [0.25, 0.3) is 10.2 Å². The molecule has 3 aromatic rings. The van der Waals surface area contributed by atoms with Gasteiger partial charge in [0.25, 0.3) is 5.91 Å². The van der Waals surface area contributed by atoms with Gasteiger partial charge < -0.3 is 4.57 Å². The number of carbonyl (C=O) groups excluding carboxylic acids is 1. The monoisotopic (exact) mass is 543 g/mol. The molecule has 0 N–H and O–H groups in total. The summed E-state index contributed by atoms with van der Waals surface area (Å²) in [7, 11) is -3.70. The van der Waals surface area contributed by atoms with Gasteiger partial charge in [0.15, 0.2) is 4.80 Å². The molecule has 4 rings (SSSR count). The number of thioether (sulfide) groups is 1. The first-order valence-electron chi connectivity index (χ1n) is 10.4. The molecule has 1 aliphatic rings. The molecule has 0 bridgehead atoms. The predicted molar refractivity (Wildman–Crippen MR) is 137 cm³/mol. The minimum atomic E-state index is -3.70. The molecular formula is C22H23Cl2N3O3S3. The van der Waals surface area contributed by atoms with Crippen LogP contribution in [0.2, 0.25) is 10.0 Å². The van der Waals surface area contributed by atoms with E-state index in [1.807, 2.05) is 29.0 Å². The lowest BCUT2D eigenvalue weighted by molar-refractivity contribution is -0.122. The number of sulfonamides is 1. The SMILES string of the molecule is CSCCn1c(=NC(=O)C2CCCN(S(=O)(=O)c3ccc(Cl)cc3)C2)sc2cc(Cl)ccc21. The fourth-order valence-corrected chi connectivity index (χ4v) is 7.19. The highest BCUT2D eigenvalue weighted by Crippen LogP contribution is 2.26. The van der Waals surface area contributed by atoms with Gasteiger partial charge in [-0.1, -0.05) is 34.5 Å². The largest absolute Gasteiger partial charge is 0.316 e. The Morgan fingerprint density at radius 1 is 1.18 bits per heavy atom. The number of aryl methyl sites for hydroxylation is 1. The van der Waals surface area contributed by atoms with E-state index in [9.17, 15) is 13.2 Å². The highest BCUT2D eigenvalue weighted by molar-refractivity contribution is 7.98. The van der Waals surface area contributed by atoms with Crippen LogP contribution in [0.3, 0.4) is 0 Å². The molecule has 0 radical (unpaired) electrons. The molecule has 6 nitrogen and oxygen atoms in total. The van der Waals surface area contributed by atoms with Crippen molar-refractivity contribution in [3.05, 3.63) is 57.3 Å². The summed E-state index contributed by atoms with van der Waals surface area (Å²) >= 11 is 15.2. The molecule has 1 atom stereocenters. The summed E-state index contributed by atoms with van der Waals surface area (Å²) in [5.41, 5.74) is 0.987. The smallest absolute Gasteiger partial charge is 0.252 e. The molecule has 0 spiro atoms. The number of hydrogen-bond acceptors (Lipinski definition) is 5. The second-order valence-electron chi connectivity index (χ2n) is 7.75. The zero-order valence-corrected chi connectivity index (χ0v) is 21.9. The van der Waals surface area contributed by atoms with Gasteiger partial charge in [-0.25, -0.2) is 8.42 Å². The van der Waals surface area contributed by atoms with Crippen LogP contribution < -0.4 is 4.80 Å². The van der Waals surface area contributed by atoms with Crippen LogP contribution in [-0.2, 0) is 21.4 Å². The van der Waals surface area contributed by atoms with E-state index >= 15 is 0 Å². The summed E-state index contributed by atoms with van der Waals surface area (Å²) in [6, 6.07) is 11.7. The molecule has 1 aliphatic heterocycles. The first-order valence-corrected chi connectivity index (χ1v) is 14.8. The summed E-state index contributed by atoms with van der Waals surface area (Å²) in [5.74, 6) is 0.108. The van der Waals surface area contributed by atoms with Crippen LogP contribution in [0.1, 0.15) is 12.8 Å². The highest BCUT2D eigenvalue weighted by atomic mass is 35.5. The Balaban J connectivity index is 1.62. The average molecular weight is 545 g/mol. The number of nitrogens with zero attached hydrogens (tertiary/aromatic N) is 3. The number of hydrogen-bond donors (Lipinski definition) is 0. The Morgan fingerprint density at radius 2 is 1.91 bits per heavy atom. The number of aromatic nitrogens is 1. The van der Waals surface area contributed by atoms with Gasteiger partial charge in [-0.3, -0.25) is 4.79 Å². The van der Waals surface area contributed by atoms with Crippen molar-refractivity contribution in [1.82, 2.24) is 8.87 Å². The minimum absolute atomic E-state index is 0.120. The van der Waals surface area contributed by atoms with E-state index in [0.29, 0.717) is 34.2 Å². The summed E-state index contributed by atoms with van der Waals surface area (Å²) in [6.45, 7) is 1.22. The lowest BCUT2D eigenvalue weighted by Gasteiger charge is -2.30. The van der Waals surface area contributed by atoms with Gasteiger partial charge in [-0.05, 0) is 61.6 Å². The molecule has 2 aromatic carbocycles. The van der Waals surface area contributed by atoms with Gasteiger partial charge in [0.1, 0.15) is 0 Å². The van der Waals surface area contributed by atoms with E-state index < -0.39 is 15.9 Å². The summed E-state index contributed by atoms with van der Waals surface area (Å²) in [5, 5.41) is 1.10. The Kier molecular flexibility index (Phi) is 7.87. The Bertz CT molecular complexity index is 1330. The van der Waals surface area contributed by atoms with Crippen LogP contribution in [0.5, 0.6) is 0 Å². The van der Waals surface area contributed by atoms with Crippen LogP contribution in [0.15, 0.2) is 52.4 Å². The van der Waals surface area contributed by atoms with E-state index in [1.54, 1.807) is 23.9 Å². The maximum atomic E-state index is 13.1. The predicted octanol–water partition coefficient (Wildman–Crippen LogP) is 4.90. The number of piperidine rings is 1. The molecule has 33 heavy (non-hydrogen) atoms. The third-order valence-corrected chi connectivity index (χ3v) is 9.55. The topological polar surface area (TPSA) is 71.7 Å². The summed E-state index contributed by atoms with van der Waals surface area (Å²) in [4.78, 5) is 18.4. The van der Waals surface area contributed by atoms with Crippen molar-refractivity contribution < 1.29 is 13.2 Å². The van der Waals surface area contributed by atoms with E-state index in [-0.39, 0.29) is 17.3 Å². The zero-order valence-electron chi connectivity index (χ0n) is 17.9. The number of thiazole rings is 1. The van der Waals surface area contributed by atoms with Gasteiger partial charge >= 0.3 is 0 Å². The third kappa shape index (κ3) is 5.49. The highest BCUT2D eigenvalue weighted by Gasteiger charge is 2.33. The maximum Gasteiger partial charge on any atom is 0.252 e. The maximum absolute atomic E-state index is 13.1. The molecule has 11 heteroatoms. The van der Waals surface area contributed by atoms with Crippen LogP contribution in [0, 0.1) is 5.92 Å². The number of rotatable bonds is 6. The van der Waals surface area contributed by atoms with Gasteiger partial charge in [0.2, 0.25) is 10.0 Å². The number of carbonyl (C=O) groups is 1. The molecule has 176 valence electrons. The van der Waals surface area contributed by atoms with Crippen molar-refractivity contribution in [3.63, 3.8) is 0 Å². The summed E-state index contributed by atoms with van der Waals surface area (Å²) < 4.78 is 30.5. The Morgan fingerprint density at radius 3 is 2.64 bits per heavy atom. The average Bonchev–Trinajstić information content (AvgIpc) is 3.13. The fourth-order valence-electron chi connectivity index (χ4n) is 3.83. The normalized spacial score (nSPS) is 18.2. The lowest BCUT2D eigenvalue weighted by atomic mass is 9.99. The first kappa shape index (κ1) is 24.8. The van der Waals surface area contributed by atoms with Crippen molar-refractivity contribution in [3.8, 4) is 0 Å². The molecule has 2 heterocycles.